The van der Waals surface area contributed by atoms with Crippen LogP contribution in [-0.4, -0.2) is 19.7 Å². The first-order valence-corrected chi connectivity index (χ1v) is 12.2. The molecule has 0 aliphatic rings. The lowest BCUT2D eigenvalue weighted by atomic mass is 10.1. The second-order valence-electron chi connectivity index (χ2n) is 6.65. The number of thiazole rings is 1. The van der Waals surface area contributed by atoms with E-state index in [4.69, 9.17) is 4.98 Å². The van der Waals surface area contributed by atoms with Crippen molar-refractivity contribution in [3.63, 3.8) is 0 Å². The smallest absolute Gasteiger partial charge is 0.192 e. The number of fused-ring (bicyclic) bond motifs is 1. The molecule has 148 valence electrons. The van der Waals surface area contributed by atoms with Gasteiger partial charge in [0.25, 0.3) is 0 Å². The predicted octanol–water partition coefficient (Wildman–Crippen LogP) is 6.76. The molecule has 0 fully saturated rings. The summed E-state index contributed by atoms with van der Waals surface area (Å²) in [5, 5.41) is 16.4. The van der Waals surface area contributed by atoms with Gasteiger partial charge in [-0.25, -0.2) is 4.98 Å². The Bertz CT molecular complexity index is 1300. The first-order chi connectivity index (χ1) is 14.8. The number of thioether (sulfide) groups is 1. The summed E-state index contributed by atoms with van der Waals surface area (Å²) in [5.41, 5.74) is 3.33. The Balaban J connectivity index is 1.40. The van der Waals surface area contributed by atoms with Crippen LogP contribution in [0, 0.1) is 0 Å². The van der Waals surface area contributed by atoms with Crippen molar-refractivity contribution in [3.05, 3.63) is 83.7 Å². The lowest BCUT2D eigenvalue weighted by molar-refractivity contribution is 0.731. The summed E-state index contributed by atoms with van der Waals surface area (Å²) in [6, 6.07) is 18.7. The molecule has 0 amide bonds. The van der Waals surface area contributed by atoms with Crippen molar-refractivity contribution in [2.75, 3.05) is 0 Å². The summed E-state index contributed by atoms with van der Waals surface area (Å²) in [5.74, 6) is 1.64. The molecular formula is C23H18N4S3. The van der Waals surface area contributed by atoms with E-state index in [0.29, 0.717) is 6.54 Å². The topological polar surface area (TPSA) is 43.6 Å². The van der Waals surface area contributed by atoms with Crippen LogP contribution in [0.2, 0.25) is 0 Å². The van der Waals surface area contributed by atoms with Crippen molar-refractivity contribution < 1.29 is 0 Å². The minimum atomic E-state index is 0.668. The Morgan fingerprint density at radius 2 is 1.80 bits per heavy atom. The molecule has 0 bridgehead atoms. The summed E-state index contributed by atoms with van der Waals surface area (Å²) < 4.78 is 3.39. The molecule has 0 saturated carbocycles. The number of nitrogens with zero attached hydrogens (tertiary/aromatic N) is 4. The predicted molar refractivity (Wildman–Crippen MR) is 128 cm³/mol. The van der Waals surface area contributed by atoms with E-state index >= 15 is 0 Å². The van der Waals surface area contributed by atoms with Gasteiger partial charge >= 0.3 is 0 Å². The van der Waals surface area contributed by atoms with Gasteiger partial charge in [-0.05, 0) is 6.07 Å². The highest BCUT2D eigenvalue weighted by Crippen LogP contribution is 2.35. The van der Waals surface area contributed by atoms with Gasteiger partial charge in [0.2, 0.25) is 0 Å². The third-order valence-electron chi connectivity index (χ3n) is 4.67. The fraction of sp³-hybridized carbons (Fsp3) is 0.0870. The maximum absolute atomic E-state index is 4.79. The normalized spacial score (nSPS) is 11.2. The average molecular weight is 447 g/mol. The van der Waals surface area contributed by atoms with Crippen molar-refractivity contribution in [1.29, 1.82) is 0 Å². The zero-order chi connectivity index (χ0) is 20.3. The monoisotopic (exact) mass is 446 g/mol. The second kappa shape index (κ2) is 8.55. The van der Waals surface area contributed by atoms with Crippen molar-refractivity contribution in [2.24, 2.45) is 0 Å². The molecule has 0 radical (unpaired) electrons. The number of benzene rings is 2. The molecule has 2 aromatic carbocycles. The van der Waals surface area contributed by atoms with E-state index in [9.17, 15) is 0 Å². The van der Waals surface area contributed by atoms with E-state index in [1.807, 2.05) is 24.3 Å². The van der Waals surface area contributed by atoms with Crippen LogP contribution in [0.1, 0.15) is 5.69 Å². The molecule has 7 heteroatoms. The molecule has 0 N–H and O–H groups in total. The van der Waals surface area contributed by atoms with Crippen LogP contribution in [0.4, 0.5) is 0 Å². The van der Waals surface area contributed by atoms with Crippen molar-refractivity contribution >= 4 is 44.5 Å². The molecule has 0 spiro atoms. The average Bonchev–Trinajstić information content (AvgIpc) is 3.52. The highest BCUT2D eigenvalue weighted by atomic mass is 32.2. The van der Waals surface area contributed by atoms with Crippen LogP contribution in [-0.2, 0) is 12.3 Å². The van der Waals surface area contributed by atoms with Gasteiger partial charge in [-0.3, -0.25) is 4.57 Å². The summed E-state index contributed by atoms with van der Waals surface area (Å²) >= 11 is 5.07. The van der Waals surface area contributed by atoms with Crippen LogP contribution in [0.5, 0.6) is 0 Å². The lowest BCUT2D eigenvalue weighted by Gasteiger charge is -2.06. The number of hydrogen-bond acceptors (Lipinski definition) is 6. The van der Waals surface area contributed by atoms with Gasteiger partial charge < -0.3 is 0 Å². The second-order valence-corrected chi connectivity index (χ2v) is 9.36. The number of hydrogen-bond donors (Lipinski definition) is 0. The van der Waals surface area contributed by atoms with Crippen LogP contribution in [0.3, 0.4) is 0 Å². The van der Waals surface area contributed by atoms with E-state index in [-0.39, 0.29) is 0 Å². The van der Waals surface area contributed by atoms with Crippen molar-refractivity contribution in [3.8, 4) is 22.0 Å². The van der Waals surface area contributed by atoms with Crippen molar-refractivity contribution in [2.45, 2.75) is 17.5 Å². The number of thiophene rings is 1. The molecule has 0 saturated heterocycles. The molecule has 0 atom stereocenters. The summed E-state index contributed by atoms with van der Waals surface area (Å²) in [6.07, 6.45) is 1.89. The molecular weight excluding hydrogens is 428 g/mol. The van der Waals surface area contributed by atoms with E-state index in [1.165, 1.54) is 10.1 Å². The third kappa shape index (κ3) is 3.71. The van der Waals surface area contributed by atoms with E-state index in [1.54, 1.807) is 34.4 Å². The maximum Gasteiger partial charge on any atom is 0.192 e. The minimum absolute atomic E-state index is 0.668. The van der Waals surface area contributed by atoms with Gasteiger partial charge in [0.1, 0.15) is 5.01 Å². The standard InChI is InChI=1S/C23H18N4S3/c1-2-12-27-21(19-15-28-20-11-7-6-10-18(19)20)25-26-23(27)30-14-17-13-29-22(24-17)16-8-4-3-5-9-16/h2-11,13,15H,1,12,14H2. The maximum atomic E-state index is 4.79. The molecule has 4 nitrogen and oxygen atoms in total. The molecule has 0 unspecified atom stereocenters. The molecule has 5 rings (SSSR count). The molecule has 30 heavy (non-hydrogen) atoms. The quantitative estimate of drug-likeness (QED) is 0.205. The van der Waals surface area contributed by atoms with Crippen LogP contribution < -0.4 is 0 Å². The molecule has 0 aliphatic heterocycles. The van der Waals surface area contributed by atoms with Gasteiger partial charge in [0, 0.05) is 44.3 Å². The van der Waals surface area contributed by atoms with Gasteiger partial charge in [-0.15, -0.1) is 39.4 Å². The fourth-order valence-electron chi connectivity index (χ4n) is 3.26. The van der Waals surface area contributed by atoms with Gasteiger partial charge in [0.15, 0.2) is 11.0 Å². The highest BCUT2D eigenvalue weighted by Gasteiger charge is 2.17. The SMILES string of the molecule is C=CCn1c(SCc2csc(-c3ccccc3)n2)nnc1-c1csc2ccccc12. The van der Waals surface area contributed by atoms with Crippen LogP contribution in [0.15, 0.2) is 83.2 Å². The van der Waals surface area contributed by atoms with Crippen molar-refractivity contribution in [1.82, 2.24) is 19.7 Å². The first kappa shape index (κ1) is 19.2. The van der Waals surface area contributed by atoms with Gasteiger partial charge in [-0.1, -0.05) is 66.4 Å². The Morgan fingerprint density at radius 1 is 0.967 bits per heavy atom. The van der Waals surface area contributed by atoms with Crippen LogP contribution >= 0.6 is 34.4 Å². The zero-order valence-corrected chi connectivity index (χ0v) is 18.5. The minimum Gasteiger partial charge on any atom is -0.298 e. The van der Waals surface area contributed by atoms with Gasteiger partial charge in [0.05, 0.1) is 5.69 Å². The lowest BCUT2D eigenvalue weighted by Crippen LogP contribution is -2.00. The summed E-state index contributed by atoms with van der Waals surface area (Å²) in [6.45, 7) is 4.59. The Hall–Kier alpha value is -2.74. The number of aromatic nitrogens is 4. The van der Waals surface area contributed by atoms with E-state index < -0.39 is 0 Å². The highest BCUT2D eigenvalue weighted by molar-refractivity contribution is 7.98. The summed E-state index contributed by atoms with van der Waals surface area (Å²) in [4.78, 5) is 4.79. The number of allylic oxidation sites excluding steroid dienone is 1. The Morgan fingerprint density at radius 3 is 2.67 bits per heavy atom. The molecule has 3 aromatic heterocycles. The fourth-order valence-corrected chi connectivity index (χ4v) is 5.98. The molecule has 5 aromatic rings. The van der Waals surface area contributed by atoms with Gasteiger partial charge in [-0.2, -0.15) is 0 Å². The number of rotatable bonds is 7. The molecule has 0 aliphatic carbocycles. The Kier molecular flexibility index (Phi) is 5.48. The largest absolute Gasteiger partial charge is 0.298 e. The van der Waals surface area contributed by atoms with E-state index in [0.717, 1.165) is 38.6 Å². The summed E-state index contributed by atoms with van der Waals surface area (Å²) in [7, 11) is 0. The molecule has 3 heterocycles. The van der Waals surface area contributed by atoms with E-state index in [2.05, 4.69) is 68.5 Å². The Labute approximate surface area is 187 Å². The van der Waals surface area contributed by atoms with Crippen LogP contribution in [0.25, 0.3) is 32.0 Å². The zero-order valence-electron chi connectivity index (χ0n) is 16.1. The first-order valence-electron chi connectivity index (χ1n) is 9.47. The third-order valence-corrected chi connectivity index (χ3v) is 7.58.